The van der Waals surface area contributed by atoms with Crippen molar-refractivity contribution in [1.29, 1.82) is 5.26 Å². The van der Waals surface area contributed by atoms with Crippen molar-refractivity contribution < 1.29 is 9.53 Å². The van der Waals surface area contributed by atoms with Crippen LogP contribution in [-0.4, -0.2) is 15.5 Å². The smallest absolute Gasteiger partial charge is 0.306 e. The lowest BCUT2D eigenvalue weighted by Gasteiger charge is -2.14. The van der Waals surface area contributed by atoms with Crippen LogP contribution in [0.1, 0.15) is 50.2 Å². The van der Waals surface area contributed by atoms with Crippen LogP contribution in [0, 0.1) is 11.3 Å². The molecular formula is C21H21N3O2. The summed E-state index contributed by atoms with van der Waals surface area (Å²) in [5.41, 5.74) is 4.13. The molecule has 3 aromatic rings. The van der Waals surface area contributed by atoms with Crippen molar-refractivity contribution in [1.82, 2.24) is 9.55 Å². The molecule has 3 rings (SSSR count). The van der Waals surface area contributed by atoms with Gasteiger partial charge in [-0.3, -0.25) is 9.36 Å². The number of carbonyl (C=O) groups excluding carboxylic acids is 1. The van der Waals surface area contributed by atoms with Crippen molar-refractivity contribution in [3.8, 4) is 11.8 Å². The van der Waals surface area contributed by atoms with Crippen LogP contribution in [0.2, 0.25) is 0 Å². The first kappa shape index (κ1) is 17.7. The van der Waals surface area contributed by atoms with Gasteiger partial charge < -0.3 is 4.74 Å². The number of nitrogens with zero attached hydrogens (tertiary/aromatic N) is 3. The molecule has 0 bridgehead atoms. The van der Waals surface area contributed by atoms with Crippen LogP contribution < -0.4 is 0 Å². The first-order chi connectivity index (χ1) is 12.6. The second kappa shape index (κ2) is 7.40. The molecule has 0 fully saturated rings. The fourth-order valence-electron chi connectivity index (χ4n) is 3.01. The van der Waals surface area contributed by atoms with Gasteiger partial charge in [0.25, 0.3) is 0 Å². The lowest BCUT2D eigenvalue weighted by Crippen LogP contribution is -2.07. The molecule has 0 saturated carbocycles. The Labute approximate surface area is 152 Å². The van der Waals surface area contributed by atoms with Gasteiger partial charge in [-0.15, -0.1) is 0 Å². The molecule has 0 spiro atoms. The van der Waals surface area contributed by atoms with Gasteiger partial charge in [-0.1, -0.05) is 32.0 Å². The zero-order valence-electron chi connectivity index (χ0n) is 15.2. The molecule has 132 valence electrons. The monoisotopic (exact) mass is 347 g/mol. The Morgan fingerprint density at radius 3 is 2.58 bits per heavy atom. The first-order valence-corrected chi connectivity index (χ1v) is 8.79. The van der Waals surface area contributed by atoms with Crippen molar-refractivity contribution in [3.63, 3.8) is 0 Å². The number of hydrogen-bond donors (Lipinski definition) is 0. The van der Waals surface area contributed by atoms with Gasteiger partial charge in [0.15, 0.2) is 0 Å². The van der Waals surface area contributed by atoms with Crippen LogP contribution in [0.5, 0.6) is 0 Å². The van der Waals surface area contributed by atoms with E-state index in [1.165, 1.54) is 0 Å². The van der Waals surface area contributed by atoms with Gasteiger partial charge in [-0.05, 0) is 36.8 Å². The lowest BCUT2D eigenvalue weighted by molar-refractivity contribution is -0.148. The summed E-state index contributed by atoms with van der Waals surface area (Å²) in [6.07, 6.45) is 0.836. The van der Waals surface area contributed by atoms with Gasteiger partial charge >= 0.3 is 5.97 Å². The number of fused-ring (bicyclic) bond motifs is 1. The van der Waals surface area contributed by atoms with Crippen molar-refractivity contribution in [2.45, 2.75) is 39.7 Å². The lowest BCUT2D eigenvalue weighted by atomic mass is 10.1. The van der Waals surface area contributed by atoms with Crippen LogP contribution in [0.3, 0.4) is 0 Å². The van der Waals surface area contributed by atoms with Gasteiger partial charge in [0.05, 0.1) is 11.1 Å². The summed E-state index contributed by atoms with van der Waals surface area (Å²) in [4.78, 5) is 16.1. The second-order valence-corrected chi connectivity index (χ2v) is 6.08. The van der Waals surface area contributed by atoms with Crippen LogP contribution >= 0.6 is 0 Å². The highest BCUT2D eigenvalue weighted by atomic mass is 16.5. The normalized spacial score (nSPS) is 11.9. The summed E-state index contributed by atoms with van der Waals surface area (Å²) in [6, 6.07) is 15.7. The van der Waals surface area contributed by atoms with E-state index in [1.807, 2.05) is 50.2 Å². The fourth-order valence-corrected chi connectivity index (χ4v) is 3.01. The molecule has 5 heteroatoms. The van der Waals surface area contributed by atoms with E-state index in [1.54, 1.807) is 13.0 Å². The van der Waals surface area contributed by atoms with Gasteiger partial charge in [0.1, 0.15) is 23.5 Å². The number of ether oxygens (including phenoxy) is 1. The number of carbonyl (C=O) groups is 1. The molecule has 0 saturated heterocycles. The van der Waals surface area contributed by atoms with E-state index in [0.717, 1.165) is 34.5 Å². The zero-order chi connectivity index (χ0) is 18.7. The summed E-state index contributed by atoms with van der Waals surface area (Å²) in [7, 11) is 0. The topological polar surface area (TPSA) is 67.9 Å². The van der Waals surface area contributed by atoms with Crippen LogP contribution in [-0.2, 0) is 16.0 Å². The summed E-state index contributed by atoms with van der Waals surface area (Å²) >= 11 is 0. The molecule has 1 aromatic heterocycles. The van der Waals surface area contributed by atoms with E-state index >= 15 is 0 Å². The van der Waals surface area contributed by atoms with E-state index in [9.17, 15) is 10.1 Å². The number of para-hydroxylation sites is 1. The van der Waals surface area contributed by atoms with Crippen molar-refractivity contribution in [3.05, 3.63) is 59.4 Å². The third-order valence-electron chi connectivity index (χ3n) is 4.41. The van der Waals surface area contributed by atoms with Crippen molar-refractivity contribution >= 4 is 17.0 Å². The fraction of sp³-hybridized carbons (Fsp3) is 0.286. The highest BCUT2D eigenvalue weighted by molar-refractivity contribution is 5.84. The summed E-state index contributed by atoms with van der Waals surface area (Å²) in [5, 5.41) is 9.33. The third kappa shape index (κ3) is 3.18. The average molecular weight is 347 g/mol. The molecule has 5 nitrogen and oxygen atoms in total. The number of esters is 1. The SMILES string of the molecule is CCC(=O)OC(C)c1ccc(-n2c(CC)nc3c(C#N)cccc32)cc1. The standard InChI is InChI=1S/C21H21N3O2/c1-4-19-23-21-16(13-22)7-6-8-18(21)24(19)17-11-9-15(10-12-17)14(3)26-20(25)5-2/h6-12,14H,4-5H2,1-3H3. The number of nitriles is 1. The van der Waals surface area contributed by atoms with Gasteiger partial charge in [-0.2, -0.15) is 5.26 Å². The quantitative estimate of drug-likeness (QED) is 0.638. The number of aryl methyl sites for hydroxylation is 1. The maximum atomic E-state index is 11.5. The third-order valence-corrected chi connectivity index (χ3v) is 4.41. The average Bonchev–Trinajstić information content (AvgIpc) is 3.06. The minimum Gasteiger partial charge on any atom is -0.458 e. The van der Waals surface area contributed by atoms with Crippen LogP contribution in [0.4, 0.5) is 0 Å². The van der Waals surface area contributed by atoms with Crippen LogP contribution in [0.15, 0.2) is 42.5 Å². The maximum absolute atomic E-state index is 11.5. The second-order valence-electron chi connectivity index (χ2n) is 6.08. The van der Waals surface area contributed by atoms with Crippen molar-refractivity contribution in [2.24, 2.45) is 0 Å². The Hall–Kier alpha value is -3.13. The molecule has 0 N–H and O–H groups in total. The highest BCUT2D eigenvalue weighted by Crippen LogP contribution is 2.26. The largest absolute Gasteiger partial charge is 0.458 e. The molecule has 0 radical (unpaired) electrons. The van der Waals surface area contributed by atoms with Crippen LogP contribution in [0.25, 0.3) is 16.7 Å². The Bertz CT molecular complexity index is 981. The number of imidazole rings is 1. The maximum Gasteiger partial charge on any atom is 0.306 e. The first-order valence-electron chi connectivity index (χ1n) is 8.79. The van der Waals surface area contributed by atoms with Gasteiger partial charge in [0.2, 0.25) is 0 Å². The van der Waals surface area contributed by atoms with Gasteiger partial charge in [0, 0.05) is 18.5 Å². The molecule has 1 unspecified atom stereocenters. The minimum atomic E-state index is -0.285. The number of hydrogen-bond acceptors (Lipinski definition) is 4. The molecule has 2 aromatic carbocycles. The molecule has 0 aliphatic carbocycles. The minimum absolute atomic E-state index is 0.209. The Morgan fingerprint density at radius 1 is 1.23 bits per heavy atom. The highest BCUT2D eigenvalue weighted by Gasteiger charge is 2.15. The molecular weight excluding hydrogens is 326 g/mol. The number of aromatic nitrogens is 2. The molecule has 0 aliphatic heterocycles. The summed E-state index contributed by atoms with van der Waals surface area (Å²) in [6.45, 7) is 5.69. The molecule has 0 aliphatic rings. The molecule has 1 atom stereocenters. The van der Waals surface area contributed by atoms with E-state index in [-0.39, 0.29) is 12.1 Å². The van der Waals surface area contributed by atoms with Crippen molar-refractivity contribution in [2.75, 3.05) is 0 Å². The predicted molar refractivity (Wildman–Crippen MR) is 100.0 cm³/mol. The number of benzene rings is 2. The molecule has 26 heavy (non-hydrogen) atoms. The van der Waals surface area contributed by atoms with Gasteiger partial charge in [-0.25, -0.2) is 4.98 Å². The predicted octanol–water partition coefficient (Wildman–Crippen LogP) is 4.47. The zero-order valence-corrected chi connectivity index (χ0v) is 15.2. The summed E-state index contributed by atoms with van der Waals surface area (Å²) < 4.78 is 7.44. The number of rotatable bonds is 5. The van der Waals surface area contributed by atoms with E-state index < -0.39 is 0 Å². The van der Waals surface area contributed by atoms with E-state index in [2.05, 4.69) is 15.6 Å². The molecule has 1 heterocycles. The van der Waals surface area contributed by atoms with E-state index in [0.29, 0.717) is 12.0 Å². The summed E-state index contributed by atoms with van der Waals surface area (Å²) in [5.74, 6) is 0.695. The Morgan fingerprint density at radius 2 is 1.96 bits per heavy atom. The Kier molecular flexibility index (Phi) is 5.04. The molecule has 0 amide bonds. The Balaban J connectivity index is 2.02. The van der Waals surface area contributed by atoms with E-state index in [4.69, 9.17) is 4.74 Å².